The number of nitrogens with one attached hydrogen (secondary N) is 4. The lowest BCUT2D eigenvalue weighted by atomic mass is 9.87. The summed E-state index contributed by atoms with van der Waals surface area (Å²) in [5.41, 5.74) is 3.11. The number of halogens is 1. The standard InChI is InChI=1S/C21H20FN7O/c1-23-8-11-2-4-12(5-3-11)18-17(20-25-10-26-28-20)19-16-13(9-24-18)6-14(22)7-15(16)21(30)29-27-19/h2-7,10,17-18,23-24H,8-9H2,1H3,(H,29,30)(H,25,26,28). The van der Waals surface area contributed by atoms with Gasteiger partial charge in [-0.1, -0.05) is 24.3 Å². The Bertz CT molecular complexity index is 1250. The van der Waals surface area contributed by atoms with Crippen LogP contribution < -0.4 is 16.2 Å². The molecular formula is C21H20FN7O. The van der Waals surface area contributed by atoms with Gasteiger partial charge >= 0.3 is 0 Å². The van der Waals surface area contributed by atoms with Crippen LogP contribution in [-0.4, -0.2) is 32.4 Å². The Hall–Kier alpha value is -3.43. The SMILES string of the molecule is CNCc1ccc(C2NCc3cc(F)cc4c(=O)[nH]nc(c34)C2c2ncn[nH]2)cc1. The minimum Gasteiger partial charge on any atom is -0.316 e. The van der Waals surface area contributed by atoms with Gasteiger partial charge in [-0.2, -0.15) is 10.2 Å². The number of nitrogens with zero attached hydrogens (tertiary/aromatic N) is 3. The number of benzene rings is 2. The summed E-state index contributed by atoms with van der Waals surface area (Å²) < 4.78 is 14.2. The van der Waals surface area contributed by atoms with E-state index in [2.05, 4.69) is 60.3 Å². The van der Waals surface area contributed by atoms with Gasteiger partial charge in [-0.25, -0.2) is 14.5 Å². The Kier molecular flexibility index (Phi) is 4.61. The van der Waals surface area contributed by atoms with Crippen molar-refractivity contribution in [2.75, 3.05) is 7.05 Å². The molecule has 0 amide bonds. The monoisotopic (exact) mass is 405 g/mol. The van der Waals surface area contributed by atoms with Crippen molar-refractivity contribution in [3.05, 3.63) is 87.1 Å². The second-order valence-corrected chi connectivity index (χ2v) is 7.40. The zero-order valence-electron chi connectivity index (χ0n) is 16.2. The smallest absolute Gasteiger partial charge is 0.272 e. The molecule has 4 N–H and O–H groups in total. The number of aromatic amines is 2. The highest BCUT2D eigenvalue weighted by Crippen LogP contribution is 2.40. The first-order valence-electron chi connectivity index (χ1n) is 9.68. The largest absolute Gasteiger partial charge is 0.316 e. The summed E-state index contributed by atoms with van der Waals surface area (Å²) in [5, 5.41) is 21.5. The topological polar surface area (TPSA) is 111 Å². The molecule has 3 heterocycles. The molecule has 8 nitrogen and oxygen atoms in total. The van der Waals surface area contributed by atoms with Crippen molar-refractivity contribution < 1.29 is 4.39 Å². The Morgan fingerprint density at radius 3 is 2.77 bits per heavy atom. The first-order valence-corrected chi connectivity index (χ1v) is 9.68. The third kappa shape index (κ3) is 3.08. The maximum atomic E-state index is 14.2. The summed E-state index contributed by atoms with van der Waals surface area (Å²) in [5.74, 6) is -0.188. The van der Waals surface area contributed by atoms with E-state index in [0.29, 0.717) is 29.0 Å². The molecule has 9 heteroatoms. The van der Waals surface area contributed by atoms with Gasteiger partial charge in [0.15, 0.2) is 0 Å². The van der Waals surface area contributed by atoms with Crippen molar-refractivity contribution in [3.63, 3.8) is 0 Å². The Labute approximate surface area is 170 Å². The van der Waals surface area contributed by atoms with Crippen LogP contribution in [0.2, 0.25) is 0 Å². The third-order valence-corrected chi connectivity index (χ3v) is 5.55. The van der Waals surface area contributed by atoms with Crippen molar-refractivity contribution in [2.24, 2.45) is 0 Å². The lowest BCUT2D eigenvalue weighted by Crippen LogP contribution is -2.27. The van der Waals surface area contributed by atoms with E-state index in [9.17, 15) is 9.18 Å². The van der Waals surface area contributed by atoms with E-state index in [0.717, 1.165) is 12.1 Å². The second kappa shape index (κ2) is 7.43. The molecule has 2 unspecified atom stereocenters. The lowest BCUT2D eigenvalue weighted by Gasteiger charge is -2.25. The molecule has 2 aromatic heterocycles. The van der Waals surface area contributed by atoms with Crippen molar-refractivity contribution in [1.82, 2.24) is 36.0 Å². The van der Waals surface area contributed by atoms with Crippen molar-refractivity contribution in [3.8, 4) is 0 Å². The fraction of sp³-hybridized carbons (Fsp3) is 0.238. The Balaban J connectivity index is 1.72. The molecule has 0 saturated heterocycles. The van der Waals surface area contributed by atoms with Crippen LogP contribution in [0.3, 0.4) is 0 Å². The Morgan fingerprint density at radius 2 is 2.03 bits per heavy atom. The van der Waals surface area contributed by atoms with Gasteiger partial charge in [0.2, 0.25) is 0 Å². The Morgan fingerprint density at radius 1 is 1.20 bits per heavy atom. The number of hydrogen-bond acceptors (Lipinski definition) is 6. The summed E-state index contributed by atoms with van der Waals surface area (Å²) in [6.45, 7) is 1.16. The maximum absolute atomic E-state index is 14.2. The molecule has 0 saturated carbocycles. The van der Waals surface area contributed by atoms with Gasteiger partial charge < -0.3 is 10.6 Å². The van der Waals surface area contributed by atoms with E-state index in [1.807, 2.05) is 7.05 Å². The molecule has 0 bridgehead atoms. The summed E-state index contributed by atoms with van der Waals surface area (Å²) in [6, 6.07) is 10.8. The molecule has 0 fully saturated rings. The van der Waals surface area contributed by atoms with Crippen LogP contribution in [0.25, 0.3) is 10.8 Å². The van der Waals surface area contributed by atoms with Gasteiger partial charge in [-0.05, 0) is 35.9 Å². The van der Waals surface area contributed by atoms with Crippen LogP contribution in [0.4, 0.5) is 4.39 Å². The molecule has 152 valence electrons. The molecule has 1 aliphatic rings. The fourth-order valence-electron chi connectivity index (χ4n) is 4.24. The highest BCUT2D eigenvalue weighted by molar-refractivity contribution is 5.88. The minimum absolute atomic E-state index is 0.210. The molecule has 2 aromatic carbocycles. The zero-order valence-corrected chi connectivity index (χ0v) is 16.2. The molecule has 0 spiro atoms. The molecule has 5 rings (SSSR count). The molecule has 2 atom stereocenters. The third-order valence-electron chi connectivity index (χ3n) is 5.55. The lowest BCUT2D eigenvalue weighted by molar-refractivity contribution is 0.471. The van der Waals surface area contributed by atoms with E-state index >= 15 is 0 Å². The average Bonchev–Trinajstić information content (AvgIpc) is 3.22. The number of aromatic nitrogens is 5. The van der Waals surface area contributed by atoms with Crippen molar-refractivity contribution >= 4 is 10.8 Å². The second-order valence-electron chi connectivity index (χ2n) is 7.40. The van der Waals surface area contributed by atoms with Crippen LogP contribution in [0.5, 0.6) is 0 Å². The van der Waals surface area contributed by atoms with Gasteiger partial charge in [0.25, 0.3) is 5.56 Å². The summed E-state index contributed by atoms with van der Waals surface area (Å²) in [7, 11) is 1.91. The van der Waals surface area contributed by atoms with Gasteiger partial charge in [0.1, 0.15) is 18.0 Å². The molecule has 0 aliphatic carbocycles. The summed E-state index contributed by atoms with van der Waals surface area (Å²) in [6.07, 6.45) is 1.45. The summed E-state index contributed by atoms with van der Waals surface area (Å²) in [4.78, 5) is 16.8. The number of rotatable bonds is 4. The first-order chi connectivity index (χ1) is 14.7. The predicted octanol–water partition coefficient (Wildman–Crippen LogP) is 1.88. The van der Waals surface area contributed by atoms with Crippen LogP contribution in [-0.2, 0) is 13.1 Å². The number of hydrogen-bond donors (Lipinski definition) is 4. The molecule has 1 aliphatic heterocycles. The van der Waals surface area contributed by atoms with E-state index < -0.39 is 11.4 Å². The maximum Gasteiger partial charge on any atom is 0.272 e. The van der Waals surface area contributed by atoms with Gasteiger partial charge in [-0.3, -0.25) is 9.89 Å². The predicted molar refractivity (Wildman–Crippen MR) is 109 cm³/mol. The average molecular weight is 405 g/mol. The van der Waals surface area contributed by atoms with Gasteiger partial charge in [0, 0.05) is 24.5 Å². The highest BCUT2D eigenvalue weighted by Gasteiger charge is 2.35. The van der Waals surface area contributed by atoms with E-state index in [1.54, 1.807) is 0 Å². The normalized spacial score (nSPS) is 18.5. The molecule has 30 heavy (non-hydrogen) atoms. The van der Waals surface area contributed by atoms with E-state index in [1.165, 1.54) is 24.0 Å². The van der Waals surface area contributed by atoms with Crippen LogP contribution in [0, 0.1) is 5.82 Å². The first kappa shape index (κ1) is 18.6. The quantitative estimate of drug-likeness (QED) is 0.413. The molecular weight excluding hydrogens is 385 g/mol. The molecule has 0 radical (unpaired) electrons. The highest BCUT2D eigenvalue weighted by atomic mass is 19.1. The summed E-state index contributed by atoms with van der Waals surface area (Å²) >= 11 is 0. The minimum atomic E-state index is -0.451. The molecule has 4 aromatic rings. The van der Waals surface area contributed by atoms with E-state index in [-0.39, 0.29) is 17.3 Å². The van der Waals surface area contributed by atoms with Crippen LogP contribution in [0.15, 0.2) is 47.5 Å². The van der Waals surface area contributed by atoms with Crippen molar-refractivity contribution in [1.29, 1.82) is 0 Å². The zero-order chi connectivity index (χ0) is 20.7. The van der Waals surface area contributed by atoms with Crippen LogP contribution in [0.1, 0.15) is 40.2 Å². The van der Waals surface area contributed by atoms with Crippen molar-refractivity contribution in [2.45, 2.75) is 25.0 Å². The van der Waals surface area contributed by atoms with E-state index in [4.69, 9.17) is 0 Å². The van der Waals surface area contributed by atoms with Gasteiger partial charge in [-0.15, -0.1) is 0 Å². The van der Waals surface area contributed by atoms with Gasteiger partial charge in [0.05, 0.1) is 17.0 Å². The fourth-order valence-corrected chi connectivity index (χ4v) is 4.24. The van der Waals surface area contributed by atoms with Crippen LogP contribution >= 0.6 is 0 Å². The number of H-pyrrole nitrogens is 2.